The van der Waals surface area contributed by atoms with E-state index in [1.54, 1.807) is 0 Å². The van der Waals surface area contributed by atoms with Crippen LogP contribution in [0.1, 0.15) is 12.8 Å². The van der Waals surface area contributed by atoms with Crippen LogP contribution in [-0.2, 0) is 4.74 Å². The molecule has 1 saturated heterocycles. The van der Waals surface area contributed by atoms with Gasteiger partial charge < -0.3 is 20.3 Å². The molecule has 2 N–H and O–H groups in total. The maximum Gasteiger partial charge on any atom is 0.225 e. The highest BCUT2D eigenvalue weighted by Crippen LogP contribution is 2.25. The summed E-state index contributed by atoms with van der Waals surface area (Å²) in [5.74, 6) is 1.36. The van der Waals surface area contributed by atoms with E-state index >= 15 is 0 Å². The Labute approximate surface area is 172 Å². The summed E-state index contributed by atoms with van der Waals surface area (Å²) in [6, 6.07) is 20.4. The molecule has 0 radical (unpaired) electrons. The van der Waals surface area contributed by atoms with Gasteiger partial charge in [0.1, 0.15) is 5.82 Å². The van der Waals surface area contributed by atoms with E-state index in [2.05, 4.69) is 56.9 Å². The molecule has 29 heavy (non-hydrogen) atoms. The molecule has 2 heterocycles. The van der Waals surface area contributed by atoms with Gasteiger partial charge in [0.15, 0.2) is 0 Å². The van der Waals surface area contributed by atoms with Crippen LogP contribution in [0, 0.1) is 0 Å². The van der Waals surface area contributed by atoms with Crippen molar-refractivity contribution >= 4 is 23.1 Å². The molecule has 1 unspecified atom stereocenters. The van der Waals surface area contributed by atoms with Crippen LogP contribution in [0.3, 0.4) is 0 Å². The van der Waals surface area contributed by atoms with Crippen LogP contribution >= 0.6 is 0 Å². The van der Waals surface area contributed by atoms with Gasteiger partial charge in [-0.2, -0.15) is 4.98 Å². The molecule has 0 amide bonds. The number of nitrogens with zero attached hydrogens (tertiary/aromatic N) is 3. The number of aromatic nitrogens is 2. The number of benzene rings is 2. The average molecular weight is 390 g/mol. The second-order valence-corrected chi connectivity index (χ2v) is 7.41. The Balaban J connectivity index is 1.58. The van der Waals surface area contributed by atoms with Crippen molar-refractivity contribution < 1.29 is 4.74 Å². The van der Waals surface area contributed by atoms with E-state index in [1.807, 2.05) is 38.4 Å². The number of anilines is 4. The Hall–Kier alpha value is -3.12. The van der Waals surface area contributed by atoms with Gasteiger partial charge in [0.05, 0.1) is 11.8 Å². The molecular formula is C23H27N5O. The summed E-state index contributed by atoms with van der Waals surface area (Å²) in [6.07, 6.45) is 2.43. The number of hydrogen-bond acceptors (Lipinski definition) is 6. The number of ether oxygens (including phenoxy) is 1. The van der Waals surface area contributed by atoms with Gasteiger partial charge in [-0.15, -0.1) is 0 Å². The van der Waals surface area contributed by atoms with Crippen LogP contribution in [0.5, 0.6) is 0 Å². The molecule has 0 saturated carbocycles. The molecule has 0 aliphatic carbocycles. The summed E-state index contributed by atoms with van der Waals surface area (Å²) in [5, 5.41) is 6.76. The fourth-order valence-corrected chi connectivity index (χ4v) is 3.35. The first-order valence-corrected chi connectivity index (χ1v) is 10.0. The molecule has 1 aromatic heterocycles. The highest BCUT2D eigenvalue weighted by atomic mass is 16.5. The summed E-state index contributed by atoms with van der Waals surface area (Å²) < 4.78 is 5.71. The molecule has 4 rings (SSSR count). The minimum absolute atomic E-state index is 0.231. The molecule has 1 aliphatic heterocycles. The van der Waals surface area contributed by atoms with Crippen molar-refractivity contribution in [2.24, 2.45) is 0 Å². The average Bonchev–Trinajstić information content (AvgIpc) is 3.27. The van der Waals surface area contributed by atoms with Crippen molar-refractivity contribution in [3.63, 3.8) is 0 Å². The monoisotopic (exact) mass is 389 g/mol. The summed E-state index contributed by atoms with van der Waals surface area (Å²) in [4.78, 5) is 11.5. The molecule has 150 valence electrons. The van der Waals surface area contributed by atoms with Crippen molar-refractivity contribution in [2.75, 3.05) is 42.8 Å². The lowest BCUT2D eigenvalue weighted by molar-refractivity contribution is 0.120. The summed E-state index contributed by atoms with van der Waals surface area (Å²) in [6.45, 7) is 1.56. The van der Waals surface area contributed by atoms with Gasteiger partial charge in [-0.25, -0.2) is 4.98 Å². The van der Waals surface area contributed by atoms with Crippen molar-refractivity contribution in [1.29, 1.82) is 0 Å². The minimum atomic E-state index is 0.231. The molecule has 1 fully saturated rings. The fourth-order valence-electron chi connectivity index (χ4n) is 3.35. The smallest absolute Gasteiger partial charge is 0.225 e. The number of nitrogens with one attached hydrogen (secondary N) is 2. The highest BCUT2D eigenvalue weighted by molar-refractivity contribution is 5.68. The second kappa shape index (κ2) is 8.92. The lowest BCUT2D eigenvalue weighted by Gasteiger charge is -2.15. The molecule has 3 aromatic rings. The molecule has 6 nitrogen and oxygen atoms in total. The Kier molecular flexibility index (Phi) is 5.91. The van der Waals surface area contributed by atoms with Crippen LogP contribution < -0.4 is 15.5 Å². The Morgan fingerprint density at radius 1 is 1.03 bits per heavy atom. The summed E-state index contributed by atoms with van der Waals surface area (Å²) >= 11 is 0. The van der Waals surface area contributed by atoms with Crippen LogP contribution in [0.2, 0.25) is 0 Å². The van der Waals surface area contributed by atoms with E-state index in [4.69, 9.17) is 9.72 Å². The van der Waals surface area contributed by atoms with Gasteiger partial charge in [0.25, 0.3) is 0 Å². The highest BCUT2D eigenvalue weighted by Gasteiger charge is 2.16. The van der Waals surface area contributed by atoms with Gasteiger partial charge in [0.2, 0.25) is 5.95 Å². The van der Waals surface area contributed by atoms with Gasteiger partial charge in [0, 0.05) is 50.3 Å². The molecule has 1 aliphatic rings. The van der Waals surface area contributed by atoms with Crippen molar-refractivity contribution in [1.82, 2.24) is 9.97 Å². The quantitative estimate of drug-likeness (QED) is 0.618. The zero-order valence-corrected chi connectivity index (χ0v) is 16.9. The van der Waals surface area contributed by atoms with Gasteiger partial charge in [-0.3, -0.25) is 0 Å². The predicted molar refractivity (Wildman–Crippen MR) is 119 cm³/mol. The zero-order chi connectivity index (χ0) is 20.1. The van der Waals surface area contributed by atoms with Crippen LogP contribution in [0.4, 0.5) is 23.1 Å². The van der Waals surface area contributed by atoms with Crippen molar-refractivity contribution in [3.8, 4) is 11.3 Å². The van der Waals surface area contributed by atoms with Gasteiger partial charge >= 0.3 is 0 Å². The number of hydrogen-bond donors (Lipinski definition) is 2. The third-order valence-electron chi connectivity index (χ3n) is 4.96. The maximum atomic E-state index is 5.71. The maximum absolute atomic E-state index is 5.71. The Morgan fingerprint density at radius 3 is 2.52 bits per heavy atom. The molecular weight excluding hydrogens is 362 g/mol. The summed E-state index contributed by atoms with van der Waals surface area (Å²) in [7, 11) is 4.07. The molecule has 0 bridgehead atoms. The lowest BCUT2D eigenvalue weighted by Crippen LogP contribution is -2.20. The third kappa shape index (κ3) is 5.03. The molecule has 2 aromatic carbocycles. The Bertz CT molecular complexity index is 922. The largest absolute Gasteiger partial charge is 0.378 e. The van der Waals surface area contributed by atoms with E-state index in [9.17, 15) is 0 Å². The first-order chi connectivity index (χ1) is 14.2. The van der Waals surface area contributed by atoms with E-state index in [0.717, 1.165) is 54.4 Å². The first kappa shape index (κ1) is 19.2. The van der Waals surface area contributed by atoms with Crippen LogP contribution in [0.15, 0.2) is 60.7 Å². The molecule has 0 spiro atoms. The van der Waals surface area contributed by atoms with Crippen LogP contribution in [0.25, 0.3) is 11.3 Å². The Morgan fingerprint density at radius 2 is 1.83 bits per heavy atom. The predicted octanol–water partition coefficient (Wildman–Crippen LogP) is 4.54. The first-order valence-electron chi connectivity index (χ1n) is 10.0. The van der Waals surface area contributed by atoms with Crippen LogP contribution in [-0.4, -0.2) is 43.3 Å². The lowest BCUT2D eigenvalue weighted by atomic mass is 10.1. The van der Waals surface area contributed by atoms with Crippen molar-refractivity contribution in [3.05, 3.63) is 60.7 Å². The normalized spacial score (nSPS) is 15.9. The fraction of sp³-hybridized carbons (Fsp3) is 0.304. The van der Waals surface area contributed by atoms with Gasteiger partial charge in [-0.1, -0.05) is 30.3 Å². The van der Waals surface area contributed by atoms with E-state index in [1.165, 1.54) is 0 Å². The third-order valence-corrected chi connectivity index (χ3v) is 4.96. The van der Waals surface area contributed by atoms with Crippen molar-refractivity contribution in [2.45, 2.75) is 18.9 Å². The standard InChI is InChI=1S/C23H27N5O/c1-28(2)19-12-10-18(11-13-19)25-22-15-21(17-7-4-3-5-8-17)26-23(27-22)24-16-20-9-6-14-29-20/h3-5,7-8,10-13,15,20H,6,9,14,16H2,1-2H3,(H2,24,25,26,27). The minimum Gasteiger partial charge on any atom is -0.378 e. The van der Waals surface area contributed by atoms with E-state index in [-0.39, 0.29) is 6.10 Å². The second-order valence-electron chi connectivity index (χ2n) is 7.41. The molecule has 6 heteroatoms. The number of rotatable bonds is 7. The molecule has 1 atom stereocenters. The summed E-state index contributed by atoms with van der Waals surface area (Å²) in [5.41, 5.74) is 4.07. The zero-order valence-electron chi connectivity index (χ0n) is 16.9. The van der Waals surface area contributed by atoms with E-state index < -0.39 is 0 Å². The van der Waals surface area contributed by atoms with Gasteiger partial charge in [-0.05, 0) is 37.1 Å². The SMILES string of the molecule is CN(C)c1ccc(Nc2cc(-c3ccccc3)nc(NCC3CCCO3)n2)cc1. The topological polar surface area (TPSA) is 62.3 Å². The van der Waals surface area contributed by atoms with E-state index in [0.29, 0.717) is 5.95 Å².